The minimum Gasteiger partial charge on any atom is -0.392 e. The van der Waals surface area contributed by atoms with Crippen molar-refractivity contribution in [1.29, 1.82) is 0 Å². The first-order valence-corrected chi connectivity index (χ1v) is 10.3. The van der Waals surface area contributed by atoms with E-state index in [2.05, 4.69) is 16.0 Å². The zero-order valence-electron chi connectivity index (χ0n) is 17.8. The molecule has 0 saturated heterocycles. The number of aliphatic hydroxyl groups is 1. The molecule has 0 heterocycles. The van der Waals surface area contributed by atoms with E-state index in [4.69, 9.17) is 0 Å². The van der Waals surface area contributed by atoms with E-state index >= 15 is 0 Å². The van der Waals surface area contributed by atoms with Crippen LogP contribution in [-0.2, 0) is 6.18 Å². The van der Waals surface area contributed by atoms with Crippen LogP contribution in [0.1, 0.15) is 42.6 Å². The molecular formula is C23H26F3N3O3. The number of carbonyl (C=O) groups is 2. The van der Waals surface area contributed by atoms with Crippen molar-refractivity contribution in [3.05, 3.63) is 59.7 Å². The summed E-state index contributed by atoms with van der Waals surface area (Å²) in [5, 5.41) is 17.5. The zero-order valence-corrected chi connectivity index (χ0v) is 17.8. The van der Waals surface area contributed by atoms with Crippen LogP contribution >= 0.6 is 0 Å². The van der Waals surface area contributed by atoms with E-state index in [1.807, 2.05) is 13.8 Å². The van der Waals surface area contributed by atoms with E-state index in [9.17, 15) is 27.9 Å². The number of carbonyl (C=O) groups excluding carboxylic acids is 2. The number of amides is 3. The molecule has 0 spiro atoms. The molecule has 1 fully saturated rings. The van der Waals surface area contributed by atoms with Crippen molar-refractivity contribution >= 4 is 23.3 Å². The van der Waals surface area contributed by atoms with Gasteiger partial charge in [0.05, 0.1) is 17.4 Å². The highest BCUT2D eigenvalue weighted by molar-refractivity contribution is 6.04. The lowest BCUT2D eigenvalue weighted by Crippen LogP contribution is -2.40. The number of hydrogen-bond acceptors (Lipinski definition) is 3. The molecule has 2 aromatic carbocycles. The van der Waals surface area contributed by atoms with Gasteiger partial charge in [-0.2, -0.15) is 13.2 Å². The van der Waals surface area contributed by atoms with Crippen molar-refractivity contribution in [2.45, 2.75) is 39.0 Å². The topological polar surface area (TPSA) is 90.5 Å². The molecule has 172 valence electrons. The first-order valence-electron chi connectivity index (χ1n) is 10.3. The number of anilines is 2. The molecule has 1 aliphatic carbocycles. The lowest BCUT2D eigenvalue weighted by Gasteiger charge is -2.26. The lowest BCUT2D eigenvalue weighted by molar-refractivity contribution is -0.136. The Morgan fingerprint density at radius 1 is 1.06 bits per heavy atom. The van der Waals surface area contributed by atoms with Gasteiger partial charge in [0, 0.05) is 23.2 Å². The van der Waals surface area contributed by atoms with E-state index in [1.54, 1.807) is 30.3 Å². The van der Waals surface area contributed by atoms with Gasteiger partial charge < -0.3 is 21.1 Å². The number of halogens is 3. The Morgan fingerprint density at radius 3 is 2.28 bits per heavy atom. The Hall–Kier alpha value is -3.07. The molecule has 0 aliphatic heterocycles. The summed E-state index contributed by atoms with van der Waals surface area (Å²) in [5.41, 5.74) is -1.68. The number of benzene rings is 2. The van der Waals surface area contributed by atoms with Gasteiger partial charge in [-0.3, -0.25) is 4.79 Å². The Bertz CT molecular complexity index is 973. The van der Waals surface area contributed by atoms with Crippen molar-refractivity contribution in [2.75, 3.05) is 17.2 Å². The van der Waals surface area contributed by atoms with Crippen LogP contribution in [0.5, 0.6) is 0 Å². The van der Waals surface area contributed by atoms with E-state index < -0.39 is 40.9 Å². The summed E-state index contributed by atoms with van der Waals surface area (Å²) < 4.78 is 40.8. The van der Waals surface area contributed by atoms with Gasteiger partial charge >= 0.3 is 12.2 Å². The number of aliphatic hydroxyl groups excluding tert-OH is 1. The molecule has 3 amide bonds. The van der Waals surface area contributed by atoms with Gasteiger partial charge in [0.1, 0.15) is 0 Å². The third-order valence-corrected chi connectivity index (χ3v) is 5.62. The molecule has 9 heteroatoms. The molecular weight excluding hydrogens is 423 g/mol. The predicted molar refractivity (Wildman–Crippen MR) is 115 cm³/mol. The molecule has 0 aromatic heterocycles. The number of alkyl halides is 3. The van der Waals surface area contributed by atoms with Crippen molar-refractivity contribution in [1.82, 2.24) is 5.32 Å². The van der Waals surface area contributed by atoms with Gasteiger partial charge in [0.25, 0.3) is 5.91 Å². The Kier molecular flexibility index (Phi) is 6.78. The van der Waals surface area contributed by atoms with Crippen molar-refractivity contribution in [2.24, 2.45) is 11.3 Å². The third-order valence-electron chi connectivity index (χ3n) is 5.62. The summed E-state index contributed by atoms with van der Waals surface area (Å²) in [7, 11) is 0. The molecule has 6 nitrogen and oxygen atoms in total. The molecule has 1 atom stereocenters. The molecule has 1 saturated carbocycles. The summed E-state index contributed by atoms with van der Waals surface area (Å²) >= 11 is 0. The molecule has 2 aromatic rings. The van der Waals surface area contributed by atoms with Crippen LogP contribution in [0.25, 0.3) is 0 Å². The second kappa shape index (κ2) is 9.20. The summed E-state index contributed by atoms with van der Waals surface area (Å²) in [5.74, 6) is -0.534. The highest BCUT2D eigenvalue weighted by Gasteiger charge is 2.49. The van der Waals surface area contributed by atoms with Gasteiger partial charge in [-0.15, -0.1) is 0 Å². The van der Waals surface area contributed by atoms with Gasteiger partial charge in [-0.1, -0.05) is 32.0 Å². The minimum atomic E-state index is -4.75. The molecule has 32 heavy (non-hydrogen) atoms. The first-order chi connectivity index (χ1) is 15.0. The van der Waals surface area contributed by atoms with Crippen LogP contribution in [0.3, 0.4) is 0 Å². The van der Waals surface area contributed by atoms with Crippen LogP contribution in [0, 0.1) is 11.3 Å². The minimum absolute atomic E-state index is 0.0119. The SMILES string of the molecule is CC(C)[C@@H](O)C1(CNC(=O)Nc2ccc(NC(=O)c3ccccc3)cc2C(F)(F)F)CC1. The van der Waals surface area contributed by atoms with Gasteiger partial charge in [0.15, 0.2) is 0 Å². The van der Waals surface area contributed by atoms with Crippen molar-refractivity contribution in [3.63, 3.8) is 0 Å². The lowest BCUT2D eigenvalue weighted by atomic mass is 9.90. The van der Waals surface area contributed by atoms with E-state index in [1.165, 1.54) is 6.07 Å². The average molecular weight is 449 g/mol. The van der Waals surface area contributed by atoms with E-state index in [0.717, 1.165) is 25.0 Å². The fourth-order valence-corrected chi connectivity index (χ4v) is 3.63. The largest absolute Gasteiger partial charge is 0.418 e. The number of rotatable bonds is 7. The van der Waals surface area contributed by atoms with Crippen LogP contribution in [0.2, 0.25) is 0 Å². The van der Waals surface area contributed by atoms with Crippen LogP contribution < -0.4 is 16.0 Å². The first kappa shape index (κ1) is 23.6. The van der Waals surface area contributed by atoms with Crippen molar-refractivity contribution in [3.8, 4) is 0 Å². The van der Waals surface area contributed by atoms with Crippen molar-refractivity contribution < 1.29 is 27.9 Å². The number of urea groups is 1. The third kappa shape index (κ3) is 5.59. The smallest absolute Gasteiger partial charge is 0.392 e. The molecule has 0 radical (unpaired) electrons. The average Bonchev–Trinajstić information content (AvgIpc) is 3.53. The quantitative estimate of drug-likeness (QED) is 0.486. The van der Waals surface area contributed by atoms with Crippen LogP contribution in [0.4, 0.5) is 29.3 Å². The molecule has 3 rings (SSSR count). The summed E-state index contributed by atoms with van der Waals surface area (Å²) in [6.07, 6.45) is -3.85. The molecule has 1 aliphatic rings. The molecule has 0 unspecified atom stereocenters. The fraction of sp³-hybridized carbons (Fsp3) is 0.391. The number of nitrogens with one attached hydrogen (secondary N) is 3. The maximum Gasteiger partial charge on any atom is 0.418 e. The monoisotopic (exact) mass is 449 g/mol. The molecule has 0 bridgehead atoms. The fourth-order valence-electron chi connectivity index (χ4n) is 3.63. The van der Waals surface area contributed by atoms with E-state index in [0.29, 0.717) is 5.56 Å². The van der Waals surface area contributed by atoms with Gasteiger partial charge in [-0.05, 0) is 49.1 Å². The van der Waals surface area contributed by atoms with Gasteiger partial charge in [0.2, 0.25) is 0 Å². The second-order valence-corrected chi connectivity index (χ2v) is 8.44. The normalized spacial score (nSPS) is 15.7. The highest BCUT2D eigenvalue weighted by atomic mass is 19.4. The Labute approximate surface area is 184 Å². The summed E-state index contributed by atoms with van der Waals surface area (Å²) in [6, 6.07) is 10.5. The standard InChI is InChI=1S/C23H26F3N3O3/c1-14(2)19(30)22(10-11-22)13-27-21(32)29-18-9-8-16(12-17(18)23(24,25)26)28-20(31)15-6-4-3-5-7-15/h3-9,12,14,19,30H,10-11,13H2,1-2H3,(H,28,31)(H2,27,29,32)/t19-/m1/s1. The maximum atomic E-state index is 13.6. The number of hydrogen-bond donors (Lipinski definition) is 4. The van der Waals surface area contributed by atoms with Crippen LogP contribution in [0.15, 0.2) is 48.5 Å². The van der Waals surface area contributed by atoms with Gasteiger partial charge in [-0.25, -0.2) is 4.79 Å². The highest BCUT2D eigenvalue weighted by Crippen LogP contribution is 2.50. The maximum absolute atomic E-state index is 13.6. The summed E-state index contributed by atoms with van der Waals surface area (Å²) in [6.45, 7) is 3.92. The Balaban J connectivity index is 1.69. The zero-order chi connectivity index (χ0) is 23.5. The van der Waals surface area contributed by atoms with Crippen LogP contribution in [-0.4, -0.2) is 29.7 Å². The summed E-state index contributed by atoms with van der Waals surface area (Å²) in [4.78, 5) is 24.5. The molecule has 4 N–H and O–H groups in total. The Morgan fingerprint density at radius 2 is 1.72 bits per heavy atom. The van der Waals surface area contributed by atoms with E-state index in [-0.39, 0.29) is 18.2 Å². The second-order valence-electron chi connectivity index (χ2n) is 8.44. The predicted octanol–water partition coefficient (Wildman–Crippen LogP) is 4.88.